The second kappa shape index (κ2) is 6.19. The summed E-state index contributed by atoms with van der Waals surface area (Å²) in [7, 11) is 1.40. The summed E-state index contributed by atoms with van der Waals surface area (Å²) < 4.78 is 12.1. The molecule has 0 aromatic carbocycles. The van der Waals surface area contributed by atoms with Gasteiger partial charge in [-0.15, -0.1) is 0 Å². The van der Waals surface area contributed by atoms with E-state index in [2.05, 4.69) is 4.98 Å². The van der Waals surface area contributed by atoms with Gasteiger partial charge in [-0.1, -0.05) is 0 Å². The van der Waals surface area contributed by atoms with Crippen molar-refractivity contribution < 1.29 is 14.3 Å². The fourth-order valence-electron chi connectivity index (χ4n) is 1.79. The third kappa shape index (κ3) is 3.02. The Kier molecular flexibility index (Phi) is 4.60. The van der Waals surface area contributed by atoms with Gasteiger partial charge >= 0.3 is 5.97 Å². The number of methoxy groups -OCH3 is 1. The zero-order valence-corrected chi connectivity index (χ0v) is 11.6. The summed E-state index contributed by atoms with van der Waals surface area (Å²) in [6.45, 7) is 0. The van der Waals surface area contributed by atoms with Crippen LogP contribution >= 0.6 is 24.0 Å². The quantitative estimate of drug-likeness (QED) is 0.604. The first-order chi connectivity index (χ1) is 8.72. The minimum atomic E-state index is -0.254. The van der Waals surface area contributed by atoms with Crippen LogP contribution in [0, 0.1) is 5.92 Å². The van der Waals surface area contributed by atoms with Crippen LogP contribution < -0.4 is 0 Å². The van der Waals surface area contributed by atoms with Crippen LogP contribution in [-0.2, 0) is 14.3 Å². The third-order valence-electron chi connectivity index (χ3n) is 2.76. The Morgan fingerprint density at radius 1 is 1.61 bits per heavy atom. The molecule has 0 unspecified atom stereocenters. The van der Waals surface area contributed by atoms with Crippen LogP contribution in [0.1, 0.15) is 6.42 Å². The lowest BCUT2D eigenvalue weighted by atomic mass is 10.0. The number of thioether (sulfide) groups is 1. The number of rotatable bonds is 2. The molecule has 0 radical (unpaired) electrons. The van der Waals surface area contributed by atoms with E-state index in [1.54, 1.807) is 35.0 Å². The molecule has 0 N–H and O–H groups in total. The number of carbonyl (C=O) groups is 1. The number of thiocarbonyl (C=S) groups is 1. The molecule has 1 aromatic heterocycles. The molecule has 0 spiro atoms. The van der Waals surface area contributed by atoms with Crippen LogP contribution in [0.5, 0.6) is 0 Å². The van der Waals surface area contributed by atoms with Gasteiger partial charge in [-0.3, -0.25) is 9.36 Å². The van der Waals surface area contributed by atoms with Crippen LogP contribution in [0.4, 0.5) is 0 Å². The summed E-state index contributed by atoms with van der Waals surface area (Å²) in [4.78, 5) is 15.6. The van der Waals surface area contributed by atoms with Crippen molar-refractivity contribution in [3.8, 4) is 0 Å². The van der Waals surface area contributed by atoms with Crippen molar-refractivity contribution in [3.63, 3.8) is 0 Å². The lowest BCUT2D eigenvalue weighted by molar-refractivity contribution is -0.148. The van der Waals surface area contributed by atoms with Gasteiger partial charge in [-0.25, -0.2) is 4.98 Å². The monoisotopic (exact) mass is 286 g/mol. The van der Waals surface area contributed by atoms with Crippen molar-refractivity contribution in [2.45, 2.75) is 12.5 Å². The zero-order chi connectivity index (χ0) is 13.0. The van der Waals surface area contributed by atoms with Crippen LogP contribution in [0.15, 0.2) is 18.7 Å². The first-order valence-electron chi connectivity index (χ1n) is 5.57. The van der Waals surface area contributed by atoms with Gasteiger partial charge in [0.25, 0.3) is 5.17 Å². The van der Waals surface area contributed by atoms with Crippen LogP contribution in [0.3, 0.4) is 0 Å². The van der Waals surface area contributed by atoms with E-state index < -0.39 is 0 Å². The smallest absolute Gasteiger partial charge is 0.313 e. The molecule has 1 aliphatic heterocycles. The molecular weight excluding hydrogens is 272 g/mol. The minimum Gasteiger partial charge on any atom is -0.469 e. The van der Waals surface area contributed by atoms with Crippen molar-refractivity contribution in [2.75, 3.05) is 18.6 Å². The highest BCUT2D eigenvalue weighted by molar-refractivity contribution is 7.99. The van der Waals surface area contributed by atoms with Gasteiger partial charge in [0.1, 0.15) is 18.3 Å². The highest BCUT2D eigenvalue weighted by Crippen LogP contribution is 2.27. The molecule has 1 fully saturated rings. The Hall–Kier alpha value is -1.08. The van der Waals surface area contributed by atoms with Crippen molar-refractivity contribution >= 4 is 35.1 Å². The number of ether oxygens (including phenoxy) is 2. The Morgan fingerprint density at radius 3 is 3.11 bits per heavy atom. The van der Waals surface area contributed by atoms with Gasteiger partial charge in [0, 0.05) is 18.1 Å². The Morgan fingerprint density at radius 2 is 2.44 bits per heavy atom. The Bertz CT molecular complexity index is 422. The van der Waals surface area contributed by atoms with Crippen molar-refractivity contribution in [2.24, 2.45) is 5.92 Å². The molecule has 0 bridgehead atoms. The molecule has 2 atom stereocenters. The van der Waals surface area contributed by atoms with E-state index in [0.717, 1.165) is 12.2 Å². The molecule has 2 rings (SSSR count). The Balaban J connectivity index is 2.01. The second-order valence-corrected chi connectivity index (χ2v) is 5.38. The SMILES string of the molecule is COC(=O)[C@@H]1CSCC[C@@H]1OC(=S)n1ccnc1. The summed E-state index contributed by atoms with van der Waals surface area (Å²) in [5.74, 6) is 1.19. The highest BCUT2D eigenvalue weighted by atomic mass is 32.2. The molecule has 0 saturated carbocycles. The fourth-order valence-corrected chi connectivity index (χ4v) is 3.19. The van der Waals surface area contributed by atoms with Crippen molar-refractivity contribution in [3.05, 3.63) is 18.7 Å². The number of nitrogens with zero attached hydrogens (tertiary/aromatic N) is 2. The van der Waals surface area contributed by atoms with E-state index >= 15 is 0 Å². The van der Waals surface area contributed by atoms with E-state index in [4.69, 9.17) is 21.7 Å². The largest absolute Gasteiger partial charge is 0.469 e. The maximum atomic E-state index is 11.7. The van der Waals surface area contributed by atoms with Crippen molar-refractivity contribution in [1.82, 2.24) is 9.55 Å². The van der Waals surface area contributed by atoms with Gasteiger partial charge < -0.3 is 9.47 Å². The summed E-state index contributed by atoms with van der Waals surface area (Å²) in [6.07, 6.45) is 5.50. The average Bonchev–Trinajstić information content (AvgIpc) is 2.92. The molecule has 0 aliphatic carbocycles. The maximum Gasteiger partial charge on any atom is 0.313 e. The van der Waals surface area contributed by atoms with Crippen LogP contribution in [0.2, 0.25) is 0 Å². The highest BCUT2D eigenvalue weighted by Gasteiger charge is 2.34. The van der Waals surface area contributed by atoms with Crippen LogP contribution in [-0.4, -0.2) is 45.4 Å². The number of carbonyl (C=O) groups excluding carboxylic acids is 1. The number of aromatic nitrogens is 2. The molecule has 1 aliphatic rings. The molecule has 1 saturated heterocycles. The van der Waals surface area contributed by atoms with Gasteiger partial charge in [0.15, 0.2) is 0 Å². The maximum absolute atomic E-state index is 11.7. The van der Waals surface area contributed by atoms with Gasteiger partial charge in [-0.2, -0.15) is 11.8 Å². The molecule has 2 heterocycles. The third-order valence-corrected chi connectivity index (χ3v) is 4.19. The molecule has 0 amide bonds. The fraction of sp³-hybridized carbons (Fsp3) is 0.545. The summed E-state index contributed by atoms with van der Waals surface area (Å²) >= 11 is 6.90. The molecule has 5 nitrogen and oxygen atoms in total. The lowest BCUT2D eigenvalue weighted by Gasteiger charge is -2.29. The van der Waals surface area contributed by atoms with E-state index in [1.165, 1.54) is 7.11 Å². The van der Waals surface area contributed by atoms with E-state index in [0.29, 0.717) is 10.9 Å². The molecule has 18 heavy (non-hydrogen) atoms. The number of hydrogen-bond donors (Lipinski definition) is 0. The average molecular weight is 286 g/mol. The van der Waals surface area contributed by atoms with E-state index in [-0.39, 0.29) is 18.0 Å². The Labute approximate surface area is 115 Å². The summed E-state index contributed by atoms with van der Waals surface area (Å²) in [5, 5.41) is 0.318. The topological polar surface area (TPSA) is 53.4 Å². The van der Waals surface area contributed by atoms with Gasteiger partial charge in [0.05, 0.1) is 7.11 Å². The summed E-state index contributed by atoms with van der Waals surface area (Å²) in [5.41, 5.74) is 0. The van der Waals surface area contributed by atoms with E-state index in [1.807, 2.05) is 0 Å². The van der Waals surface area contributed by atoms with Gasteiger partial charge in [-0.05, 0) is 24.4 Å². The first kappa shape index (κ1) is 13.4. The predicted molar refractivity (Wildman–Crippen MR) is 72.5 cm³/mol. The first-order valence-corrected chi connectivity index (χ1v) is 7.13. The summed E-state index contributed by atoms with van der Waals surface area (Å²) in [6, 6.07) is 0. The predicted octanol–water partition coefficient (Wildman–Crippen LogP) is 1.33. The molecule has 1 aromatic rings. The lowest BCUT2D eigenvalue weighted by Crippen LogP contribution is -2.38. The standard InChI is InChI=1S/C11H14N2O3S2/c1-15-10(14)8-6-18-5-2-9(8)16-11(17)13-4-3-12-7-13/h3-4,7-9H,2,5-6H2,1H3/t8-,9+/m1/s1. The number of imidazole rings is 1. The molecular formula is C11H14N2O3S2. The van der Waals surface area contributed by atoms with Crippen molar-refractivity contribution in [1.29, 1.82) is 0 Å². The molecule has 7 heteroatoms. The number of hydrogen-bond acceptors (Lipinski definition) is 6. The minimum absolute atomic E-state index is 0.214. The van der Waals surface area contributed by atoms with Crippen LogP contribution in [0.25, 0.3) is 0 Å². The zero-order valence-electron chi connectivity index (χ0n) is 9.94. The second-order valence-electron chi connectivity index (χ2n) is 3.89. The van der Waals surface area contributed by atoms with E-state index in [9.17, 15) is 4.79 Å². The molecule has 98 valence electrons. The normalized spacial score (nSPS) is 23.4. The number of esters is 1. The van der Waals surface area contributed by atoms with Gasteiger partial charge in [0.2, 0.25) is 0 Å².